The molecule has 0 aromatic heterocycles. The van der Waals surface area contributed by atoms with Gasteiger partial charge in [0.1, 0.15) is 11.6 Å². The lowest BCUT2D eigenvalue weighted by molar-refractivity contribution is -0.112. The van der Waals surface area contributed by atoms with Gasteiger partial charge in [0.05, 0.1) is 17.0 Å². The first-order valence-electron chi connectivity index (χ1n) is 11.4. The van der Waals surface area contributed by atoms with Gasteiger partial charge in [-0.3, -0.25) is 14.5 Å². The van der Waals surface area contributed by atoms with Crippen molar-refractivity contribution in [2.75, 3.05) is 38.1 Å². The molecule has 172 valence electrons. The first-order valence-corrected chi connectivity index (χ1v) is 11.4. The van der Waals surface area contributed by atoms with Crippen molar-refractivity contribution < 1.29 is 18.4 Å². The van der Waals surface area contributed by atoms with Crippen LogP contribution < -0.4 is 10.2 Å². The van der Waals surface area contributed by atoms with Crippen molar-refractivity contribution in [3.8, 4) is 0 Å². The number of nitrogens with zero attached hydrogens (tertiary/aromatic N) is 3. The Kier molecular flexibility index (Phi) is 5.70. The summed E-state index contributed by atoms with van der Waals surface area (Å²) in [6.07, 6.45) is 2.09. The summed E-state index contributed by atoms with van der Waals surface area (Å²) in [7, 11) is 1.47. The first-order chi connectivity index (χ1) is 15.9. The van der Waals surface area contributed by atoms with Gasteiger partial charge in [-0.15, -0.1) is 0 Å². The first kappa shape index (κ1) is 21.7. The monoisotopic (exact) mass is 452 g/mol. The normalized spacial score (nSPS) is 18.7. The Bertz CT molecular complexity index is 1150. The lowest BCUT2D eigenvalue weighted by Crippen LogP contribution is -2.46. The highest BCUT2D eigenvalue weighted by molar-refractivity contribution is 6.43. The minimum Gasteiger partial charge on any atom is -0.369 e. The quantitative estimate of drug-likeness (QED) is 0.757. The summed E-state index contributed by atoms with van der Waals surface area (Å²) in [6.45, 7) is 3.17. The third-order valence-corrected chi connectivity index (χ3v) is 6.68. The molecule has 0 unspecified atom stereocenters. The highest BCUT2D eigenvalue weighted by Crippen LogP contribution is 2.37. The molecule has 1 saturated carbocycles. The Labute approximate surface area is 191 Å². The van der Waals surface area contributed by atoms with Crippen LogP contribution in [0.5, 0.6) is 0 Å². The topological polar surface area (TPSA) is 65.0 Å². The maximum Gasteiger partial charge on any atom is 0.253 e. The standard InChI is InChI=1S/C25H26F2N4O2/c1-28-25(33)18-6-5-17(12-20(18)26)31-10-8-30(9-11-31)14-16-4-7-21-19(23(16)27)13-22(32)24(29-21)15-2-3-15/h4-7,12,15H,2-3,8-11,13-14H2,1H3,(H,28,33). The summed E-state index contributed by atoms with van der Waals surface area (Å²) in [5.74, 6) is -1.12. The van der Waals surface area contributed by atoms with E-state index >= 15 is 4.39 Å². The number of nitrogens with one attached hydrogen (secondary N) is 1. The van der Waals surface area contributed by atoms with E-state index in [1.165, 1.54) is 19.2 Å². The number of aliphatic imine (C=N–C) groups is 1. The number of piperazine rings is 1. The van der Waals surface area contributed by atoms with Crippen LogP contribution in [0.2, 0.25) is 0 Å². The summed E-state index contributed by atoms with van der Waals surface area (Å²) < 4.78 is 29.5. The van der Waals surface area contributed by atoms with Gasteiger partial charge >= 0.3 is 0 Å². The van der Waals surface area contributed by atoms with Crippen molar-refractivity contribution in [3.63, 3.8) is 0 Å². The van der Waals surface area contributed by atoms with Gasteiger partial charge in [0.25, 0.3) is 5.91 Å². The molecular formula is C25H26F2N4O2. The van der Waals surface area contributed by atoms with Gasteiger partial charge in [-0.1, -0.05) is 6.07 Å². The van der Waals surface area contributed by atoms with E-state index in [4.69, 9.17) is 0 Å². The SMILES string of the molecule is CNC(=O)c1ccc(N2CCN(Cc3ccc4c(c3F)CC(=O)C(C3CC3)=N4)CC2)cc1F. The molecule has 2 aliphatic heterocycles. The van der Waals surface area contributed by atoms with E-state index in [1.54, 1.807) is 12.1 Å². The predicted octanol–water partition coefficient (Wildman–Crippen LogP) is 3.25. The van der Waals surface area contributed by atoms with Crippen LogP contribution in [0.4, 0.5) is 20.2 Å². The maximum atomic E-state index is 15.2. The van der Waals surface area contributed by atoms with Crippen molar-refractivity contribution in [2.45, 2.75) is 25.8 Å². The van der Waals surface area contributed by atoms with E-state index < -0.39 is 11.7 Å². The Morgan fingerprint density at radius 2 is 1.88 bits per heavy atom. The number of ketones is 1. The lowest BCUT2D eigenvalue weighted by atomic mass is 9.95. The molecule has 0 bridgehead atoms. The summed E-state index contributed by atoms with van der Waals surface area (Å²) in [5.41, 5.74) is 2.93. The minimum absolute atomic E-state index is 0.0230. The molecule has 1 saturated heterocycles. The van der Waals surface area contributed by atoms with Gasteiger partial charge in [-0.05, 0) is 37.1 Å². The van der Waals surface area contributed by atoms with Crippen molar-refractivity contribution in [1.29, 1.82) is 0 Å². The van der Waals surface area contributed by atoms with Crippen LogP contribution in [0.15, 0.2) is 35.3 Å². The maximum absolute atomic E-state index is 15.2. The van der Waals surface area contributed by atoms with Crippen molar-refractivity contribution in [1.82, 2.24) is 10.2 Å². The van der Waals surface area contributed by atoms with E-state index in [-0.39, 0.29) is 29.5 Å². The highest BCUT2D eigenvalue weighted by Gasteiger charge is 2.35. The van der Waals surface area contributed by atoms with Crippen LogP contribution in [-0.4, -0.2) is 55.5 Å². The van der Waals surface area contributed by atoms with E-state index in [0.717, 1.165) is 18.5 Å². The van der Waals surface area contributed by atoms with Crippen molar-refractivity contribution >= 4 is 28.8 Å². The molecular weight excluding hydrogens is 426 g/mol. The number of carbonyl (C=O) groups excluding carboxylic acids is 2. The van der Waals surface area contributed by atoms with Gasteiger partial charge in [-0.25, -0.2) is 13.8 Å². The fourth-order valence-corrected chi connectivity index (χ4v) is 4.60. The van der Waals surface area contributed by atoms with Gasteiger partial charge in [0.15, 0.2) is 5.78 Å². The fourth-order valence-electron chi connectivity index (χ4n) is 4.60. The highest BCUT2D eigenvalue weighted by atomic mass is 19.1. The summed E-state index contributed by atoms with van der Waals surface area (Å²) in [5, 5.41) is 2.43. The number of amides is 1. The molecule has 0 atom stereocenters. The second-order valence-corrected chi connectivity index (χ2v) is 8.91. The van der Waals surface area contributed by atoms with Gasteiger partial charge in [0.2, 0.25) is 0 Å². The number of fused-ring (bicyclic) bond motifs is 1. The predicted molar refractivity (Wildman–Crippen MR) is 122 cm³/mol. The lowest BCUT2D eigenvalue weighted by Gasteiger charge is -2.36. The van der Waals surface area contributed by atoms with Crippen LogP contribution in [-0.2, 0) is 17.8 Å². The van der Waals surface area contributed by atoms with Gasteiger partial charge < -0.3 is 10.2 Å². The Morgan fingerprint density at radius 3 is 2.55 bits per heavy atom. The van der Waals surface area contributed by atoms with E-state index in [1.807, 2.05) is 6.07 Å². The molecule has 6 nitrogen and oxygen atoms in total. The third-order valence-electron chi connectivity index (χ3n) is 6.68. The second-order valence-electron chi connectivity index (χ2n) is 8.91. The smallest absolute Gasteiger partial charge is 0.253 e. The number of rotatable bonds is 5. The zero-order valence-corrected chi connectivity index (χ0v) is 18.5. The molecule has 0 spiro atoms. The van der Waals surface area contributed by atoms with E-state index in [9.17, 15) is 14.0 Å². The van der Waals surface area contributed by atoms with Crippen LogP contribution in [0.1, 0.15) is 34.3 Å². The molecule has 1 aliphatic carbocycles. The minimum atomic E-state index is -0.549. The largest absolute Gasteiger partial charge is 0.369 e. The van der Waals surface area contributed by atoms with Crippen LogP contribution in [0.3, 0.4) is 0 Å². The molecule has 2 aromatic rings. The van der Waals surface area contributed by atoms with Gasteiger partial charge in [0, 0.05) is 68.9 Å². The Balaban J connectivity index is 1.24. The molecule has 2 heterocycles. The molecule has 3 aliphatic rings. The van der Waals surface area contributed by atoms with Crippen LogP contribution >= 0.6 is 0 Å². The summed E-state index contributed by atoms with van der Waals surface area (Å²) in [6, 6.07) is 8.24. The number of hydrogen-bond donors (Lipinski definition) is 1. The molecule has 2 fully saturated rings. The van der Waals surface area contributed by atoms with Gasteiger partial charge in [-0.2, -0.15) is 0 Å². The number of anilines is 1. The van der Waals surface area contributed by atoms with E-state index in [0.29, 0.717) is 55.2 Å². The molecule has 8 heteroatoms. The zero-order chi connectivity index (χ0) is 23.1. The zero-order valence-electron chi connectivity index (χ0n) is 18.5. The Morgan fingerprint density at radius 1 is 1.12 bits per heavy atom. The molecule has 2 aromatic carbocycles. The number of halogens is 2. The second kappa shape index (κ2) is 8.67. The number of carbonyl (C=O) groups is 2. The van der Waals surface area contributed by atoms with Crippen LogP contribution in [0.25, 0.3) is 0 Å². The number of hydrogen-bond acceptors (Lipinski definition) is 5. The third kappa shape index (κ3) is 4.27. The Hall–Kier alpha value is -3.13. The number of Topliss-reactive ketones (excluding diaryl/α,β-unsaturated/α-hetero) is 1. The number of benzene rings is 2. The van der Waals surface area contributed by atoms with Crippen LogP contribution in [0, 0.1) is 17.6 Å². The van der Waals surface area contributed by atoms with E-state index in [2.05, 4.69) is 20.1 Å². The summed E-state index contributed by atoms with van der Waals surface area (Å²) in [4.78, 5) is 32.8. The fraction of sp³-hybridized carbons (Fsp3) is 0.400. The van der Waals surface area contributed by atoms with Crippen molar-refractivity contribution in [3.05, 3.63) is 58.7 Å². The summed E-state index contributed by atoms with van der Waals surface area (Å²) >= 11 is 0. The molecule has 33 heavy (non-hydrogen) atoms. The molecule has 1 amide bonds. The molecule has 1 N–H and O–H groups in total. The van der Waals surface area contributed by atoms with Crippen molar-refractivity contribution in [2.24, 2.45) is 10.9 Å². The average molecular weight is 453 g/mol. The molecule has 0 radical (unpaired) electrons. The molecule has 5 rings (SSSR count). The average Bonchev–Trinajstić information content (AvgIpc) is 3.66.